The number of esters is 2. The van der Waals surface area contributed by atoms with Crippen LogP contribution in [0.25, 0.3) is 0 Å². The first-order valence-electron chi connectivity index (χ1n) is 36.3. The van der Waals surface area contributed by atoms with Crippen molar-refractivity contribution in [2.24, 2.45) is 0 Å². The predicted molar refractivity (Wildman–Crippen MR) is 372 cm³/mol. The Bertz CT molecular complexity index is 1730. The first-order valence-corrected chi connectivity index (χ1v) is 37.8. The second-order valence-corrected chi connectivity index (χ2v) is 27.0. The molecule has 0 aliphatic heterocycles. The molecule has 1 N–H and O–H groups in total. The van der Waals surface area contributed by atoms with Crippen LogP contribution in [-0.2, 0) is 32.7 Å². The minimum Gasteiger partial charge on any atom is -0.462 e. The van der Waals surface area contributed by atoms with Gasteiger partial charge in [0.15, 0.2) is 6.10 Å². The van der Waals surface area contributed by atoms with Crippen LogP contribution in [0.4, 0.5) is 0 Å². The molecule has 2 unspecified atom stereocenters. The van der Waals surface area contributed by atoms with Crippen LogP contribution in [0.3, 0.4) is 0 Å². The zero-order valence-electron chi connectivity index (χ0n) is 57.0. The lowest BCUT2D eigenvalue weighted by Crippen LogP contribution is -2.37. The first-order chi connectivity index (χ1) is 42.0. The summed E-state index contributed by atoms with van der Waals surface area (Å²) in [6.45, 7) is 4.35. The fourth-order valence-corrected chi connectivity index (χ4v) is 11.1. The Morgan fingerprint density at radius 3 is 0.988 bits per heavy atom. The standard InChI is InChI=1S/C76H138NO8P/c1-6-8-10-12-14-16-18-20-22-24-26-28-30-31-32-33-34-35-36-37-38-39-40-41-42-43-44-45-47-49-51-53-55-57-59-61-63-65-67-69-76(79)85-74(73-84-86(80,81)83-71-70-77(3,4)5)72-82-75(78)68-66-64-62-60-58-56-54-52-50-48-46-29-27-25-23-21-19-17-15-13-11-9-7-2/h8,10,14,16,19-22,25-28,31-32,74H,6-7,9,11-13,15,17-18,23-24,29-30,33-73H2,1-5H3/p+1/b10-8-,16-14-,21-19-,22-20-,27-25-,28-26-,32-31-. The topological polar surface area (TPSA) is 108 Å². The molecule has 0 rings (SSSR count). The maximum Gasteiger partial charge on any atom is 0.472 e. The molecule has 9 nitrogen and oxygen atoms in total. The van der Waals surface area contributed by atoms with Gasteiger partial charge < -0.3 is 18.9 Å². The van der Waals surface area contributed by atoms with E-state index in [0.29, 0.717) is 17.4 Å². The zero-order chi connectivity index (χ0) is 62.6. The minimum absolute atomic E-state index is 0.0314. The average molecular weight is 1230 g/mol. The van der Waals surface area contributed by atoms with Gasteiger partial charge in [-0.05, 0) is 89.9 Å². The van der Waals surface area contributed by atoms with E-state index in [-0.39, 0.29) is 32.0 Å². The Hall–Kier alpha value is -2.81. The van der Waals surface area contributed by atoms with Gasteiger partial charge in [0.25, 0.3) is 0 Å². The number of nitrogens with zero attached hydrogens (tertiary/aromatic N) is 1. The van der Waals surface area contributed by atoms with E-state index in [1.807, 2.05) is 21.1 Å². The number of hydrogen-bond donors (Lipinski definition) is 1. The van der Waals surface area contributed by atoms with Gasteiger partial charge in [0.1, 0.15) is 19.8 Å². The summed E-state index contributed by atoms with van der Waals surface area (Å²) in [6.07, 6.45) is 91.3. The molecule has 2 atom stereocenters. The Labute approximate surface area is 532 Å². The van der Waals surface area contributed by atoms with Crippen LogP contribution in [0.1, 0.15) is 335 Å². The van der Waals surface area contributed by atoms with E-state index in [9.17, 15) is 19.0 Å². The summed E-state index contributed by atoms with van der Waals surface area (Å²) in [6, 6.07) is 0. The number of rotatable bonds is 67. The van der Waals surface area contributed by atoms with Crippen LogP contribution < -0.4 is 0 Å². The fourth-order valence-electron chi connectivity index (χ4n) is 10.4. The molecule has 10 heteroatoms. The van der Waals surface area contributed by atoms with Gasteiger partial charge in [-0.15, -0.1) is 0 Å². The third-order valence-corrected chi connectivity index (χ3v) is 16.9. The molecule has 0 saturated heterocycles. The van der Waals surface area contributed by atoms with Gasteiger partial charge >= 0.3 is 19.8 Å². The summed E-state index contributed by atoms with van der Waals surface area (Å²) in [5.41, 5.74) is 0. The summed E-state index contributed by atoms with van der Waals surface area (Å²) in [7, 11) is 1.49. The molecule has 0 aliphatic carbocycles. The van der Waals surface area contributed by atoms with Crippen LogP contribution in [0.5, 0.6) is 0 Å². The van der Waals surface area contributed by atoms with Crippen molar-refractivity contribution in [2.45, 2.75) is 341 Å². The van der Waals surface area contributed by atoms with Crippen molar-refractivity contribution in [1.82, 2.24) is 0 Å². The lowest BCUT2D eigenvalue weighted by atomic mass is 10.0. The number of carbonyl (C=O) groups is 2. The van der Waals surface area contributed by atoms with Crippen molar-refractivity contribution in [3.63, 3.8) is 0 Å². The normalized spacial score (nSPS) is 13.6. The fraction of sp³-hybridized carbons (Fsp3) is 0.789. The Kier molecular flexibility index (Phi) is 64.4. The molecular formula is C76H139NO8P+. The average Bonchev–Trinajstić information content (AvgIpc) is 3.56. The Morgan fingerprint density at radius 2 is 0.663 bits per heavy atom. The molecule has 0 saturated carbocycles. The van der Waals surface area contributed by atoms with Crippen LogP contribution >= 0.6 is 7.82 Å². The van der Waals surface area contributed by atoms with Crippen LogP contribution in [0, 0.1) is 0 Å². The third kappa shape index (κ3) is 70.3. The molecule has 0 aromatic heterocycles. The smallest absolute Gasteiger partial charge is 0.462 e. The molecule has 500 valence electrons. The van der Waals surface area contributed by atoms with Gasteiger partial charge in [0, 0.05) is 12.8 Å². The largest absolute Gasteiger partial charge is 0.472 e. The van der Waals surface area contributed by atoms with Gasteiger partial charge in [-0.3, -0.25) is 18.6 Å². The van der Waals surface area contributed by atoms with Gasteiger partial charge in [-0.1, -0.05) is 317 Å². The highest BCUT2D eigenvalue weighted by atomic mass is 31.2. The number of allylic oxidation sites excluding steroid dienone is 14. The number of phosphoric acid groups is 1. The van der Waals surface area contributed by atoms with Crippen molar-refractivity contribution >= 4 is 19.8 Å². The maximum absolute atomic E-state index is 12.9. The number of phosphoric ester groups is 1. The van der Waals surface area contributed by atoms with E-state index in [2.05, 4.69) is 98.9 Å². The SMILES string of the molecule is CC/C=C\C/C=C\C/C=C\C/C=C\C/C=C\CCCCCCCCCCCCCCCCCCCCCCCCCC(=O)OC(COC(=O)CCCCCCCCCCCCC/C=C\C/C=C\CCCCCCC)COP(=O)(O)OCC[N+](C)(C)C. The van der Waals surface area contributed by atoms with Crippen LogP contribution in [0.2, 0.25) is 0 Å². The summed E-state index contributed by atoms with van der Waals surface area (Å²) in [5.74, 6) is -0.785. The van der Waals surface area contributed by atoms with E-state index >= 15 is 0 Å². The Morgan fingerprint density at radius 1 is 0.372 bits per heavy atom. The summed E-state index contributed by atoms with van der Waals surface area (Å²) in [4.78, 5) is 35.9. The Balaban J connectivity index is 3.95. The zero-order valence-corrected chi connectivity index (χ0v) is 57.9. The molecule has 0 amide bonds. The van der Waals surface area contributed by atoms with Crippen LogP contribution in [-0.4, -0.2) is 74.9 Å². The summed E-state index contributed by atoms with van der Waals surface area (Å²) < 4.78 is 34.7. The van der Waals surface area contributed by atoms with E-state index in [1.54, 1.807) is 0 Å². The van der Waals surface area contributed by atoms with Gasteiger partial charge in [-0.2, -0.15) is 0 Å². The monoisotopic (exact) mass is 1230 g/mol. The molecule has 0 heterocycles. The summed E-state index contributed by atoms with van der Waals surface area (Å²) >= 11 is 0. The van der Waals surface area contributed by atoms with Gasteiger partial charge in [0.2, 0.25) is 0 Å². The second kappa shape index (κ2) is 66.6. The highest BCUT2D eigenvalue weighted by Gasteiger charge is 2.27. The number of unbranched alkanes of at least 4 members (excludes halogenated alkanes) is 39. The molecular weight excluding hydrogens is 1090 g/mol. The first kappa shape index (κ1) is 83.2. The number of quaternary nitrogens is 1. The molecule has 0 spiro atoms. The van der Waals surface area contributed by atoms with E-state index in [1.165, 1.54) is 231 Å². The highest BCUT2D eigenvalue weighted by molar-refractivity contribution is 7.47. The number of likely N-dealkylation sites (N-methyl/N-ethyl adjacent to an activating group) is 1. The van der Waals surface area contributed by atoms with E-state index < -0.39 is 26.5 Å². The van der Waals surface area contributed by atoms with Crippen molar-refractivity contribution in [3.05, 3.63) is 85.1 Å². The number of carbonyl (C=O) groups excluding carboxylic acids is 2. The number of hydrogen-bond acceptors (Lipinski definition) is 7. The van der Waals surface area contributed by atoms with Gasteiger partial charge in [-0.25, -0.2) is 4.57 Å². The second-order valence-electron chi connectivity index (χ2n) is 25.6. The van der Waals surface area contributed by atoms with Crippen molar-refractivity contribution in [1.29, 1.82) is 0 Å². The molecule has 0 radical (unpaired) electrons. The predicted octanol–water partition coefficient (Wildman–Crippen LogP) is 23.7. The lowest BCUT2D eigenvalue weighted by molar-refractivity contribution is -0.870. The van der Waals surface area contributed by atoms with Crippen molar-refractivity contribution in [2.75, 3.05) is 47.5 Å². The number of ether oxygens (including phenoxy) is 2. The summed E-state index contributed by atoms with van der Waals surface area (Å²) in [5, 5.41) is 0. The molecule has 0 aliphatic rings. The molecule has 0 aromatic carbocycles. The van der Waals surface area contributed by atoms with Crippen LogP contribution in [0.15, 0.2) is 85.1 Å². The molecule has 0 fully saturated rings. The molecule has 0 bridgehead atoms. The minimum atomic E-state index is -4.39. The highest BCUT2D eigenvalue weighted by Crippen LogP contribution is 2.43. The van der Waals surface area contributed by atoms with E-state index in [0.717, 1.165) is 70.6 Å². The molecule has 86 heavy (non-hydrogen) atoms. The quantitative estimate of drug-likeness (QED) is 0.0211. The van der Waals surface area contributed by atoms with Crippen molar-refractivity contribution < 1.29 is 42.1 Å². The lowest BCUT2D eigenvalue weighted by Gasteiger charge is -2.24. The van der Waals surface area contributed by atoms with E-state index in [4.69, 9.17) is 18.5 Å². The third-order valence-electron chi connectivity index (χ3n) is 15.9. The van der Waals surface area contributed by atoms with Crippen molar-refractivity contribution in [3.8, 4) is 0 Å². The molecule has 0 aromatic rings. The maximum atomic E-state index is 12.9. The van der Waals surface area contributed by atoms with Gasteiger partial charge in [0.05, 0.1) is 27.7 Å².